The molecule has 1 saturated carbocycles. The number of imide groups is 1. The highest BCUT2D eigenvalue weighted by molar-refractivity contribution is 6.22. The van der Waals surface area contributed by atoms with E-state index >= 15 is 0 Å². The number of carboxylic acid groups (broad SMARTS) is 1. The van der Waals surface area contributed by atoms with Crippen LogP contribution in [0, 0.1) is 17.8 Å². The van der Waals surface area contributed by atoms with Crippen LogP contribution in [-0.4, -0.2) is 28.0 Å². The maximum Gasteiger partial charge on any atom is 0.339 e. The van der Waals surface area contributed by atoms with Crippen LogP contribution in [-0.2, 0) is 9.59 Å². The number of aromatic hydroxyl groups is 1. The molecule has 0 bridgehead atoms. The molecule has 1 aliphatic heterocycles. The summed E-state index contributed by atoms with van der Waals surface area (Å²) in [5.74, 6) is -2.47. The van der Waals surface area contributed by atoms with E-state index in [1.54, 1.807) is 0 Å². The van der Waals surface area contributed by atoms with Crippen molar-refractivity contribution >= 4 is 23.5 Å². The lowest BCUT2D eigenvalue weighted by Gasteiger charge is -2.17. The van der Waals surface area contributed by atoms with Gasteiger partial charge in [-0.1, -0.05) is 6.92 Å². The van der Waals surface area contributed by atoms with Crippen LogP contribution >= 0.6 is 0 Å². The summed E-state index contributed by atoms with van der Waals surface area (Å²) in [7, 11) is 0. The average molecular weight is 289 g/mol. The van der Waals surface area contributed by atoms with Gasteiger partial charge in [0.2, 0.25) is 11.8 Å². The lowest BCUT2D eigenvalue weighted by molar-refractivity contribution is -0.123. The van der Waals surface area contributed by atoms with Crippen molar-refractivity contribution in [1.29, 1.82) is 0 Å². The molecule has 1 saturated heterocycles. The number of fused-ring (bicyclic) bond motifs is 1. The van der Waals surface area contributed by atoms with Gasteiger partial charge in [0.25, 0.3) is 0 Å². The minimum atomic E-state index is -1.30. The highest BCUT2D eigenvalue weighted by Crippen LogP contribution is 2.44. The van der Waals surface area contributed by atoms with E-state index < -0.39 is 5.97 Å². The quantitative estimate of drug-likeness (QED) is 0.807. The van der Waals surface area contributed by atoms with Crippen LogP contribution in [0.5, 0.6) is 5.75 Å². The zero-order valence-corrected chi connectivity index (χ0v) is 11.4. The molecule has 2 fully saturated rings. The number of phenols is 1. The molecule has 0 aromatic heterocycles. The Morgan fingerprint density at radius 1 is 1.19 bits per heavy atom. The fourth-order valence-corrected chi connectivity index (χ4v) is 3.37. The number of anilines is 1. The lowest BCUT2D eigenvalue weighted by Crippen LogP contribution is -2.32. The molecule has 1 aromatic carbocycles. The summed E-state index contributed by atoms with van der Waals surface area (Å²) in [6, 6.07) is 3.75. The number of carbonyl (C=O) groups excluding carboxylic acids is 2. The normalized spacial score (nSPS) is 28.0. The maximum absolute atomic E-state index is 12.4. The summed E-state index contributed by atoms with van der Waals surface area (Å²) in [6.45, 7) is 2.02. The molecular formula is C15H15NO5. The Balaban J connectivity index is 1.99. The molecule has 21 heavy (non-hydrogen) atoms. The second-order valence-electron chi connectivity index (χ2n) is 5.81. The largest absolute Gasteiger partial charge is 0.507 e. The van der Waals surface area contributed by atoms with Crippen LogP contribution in [0.2, 0.25) is 0 Å². The van der Waals surface area contributed by atoms with E-state index in [2.05, 4.69) is 0 Å². The Morgan fingerprint density at radius 2 is 1.76 bits per heavy atom. The lowest BCUT2D eigenvalue weighted by atomic mass is 10.00. The topological polar surface area (TPSA) is 94.9 Å². The summed E-state index contributed by atoms with van der Waals surface area (Å²) in [4.78, 5) is 36.9. The number of carbonyl (C=O) groups is 3. The molecule has 2 N–H and O–H groups in total. The van der Waals surface area contributed by atoms with E-state index in [9.17, 15) is 19.5 Å². The Labute approximate surface area is 121 Å². The third-order valence-electron chi connectivity index (χ3n) is 4.34. The van der Waals surface area contributed by atoms with E-state index in [0.29, 0.717) is 18.8 Å². The van der Waals surface area contributed by atoms with Crippen molar-refractivity contribution in [3.63, 3.8) is 0 Å². The average Bonchev–Trinajstić information content (AvgIpc) is 2.90. The second kappa shape index (κ2) is 4.58. The number of hydrogen-bond donors (Lipinski definition) is 2. The molecule has 3 rings (SSSR count). The van der Waals surface area contributed by atoms with Gasteiger partial charge >= 0.3 is 5.97 Å². The van der Waals surface area contributed by atoms with Gasteiger partial charge in [-0.05, 0) is 37.0 Å². The van der Waals surface area contributed by atoms with E-state index in [-0.39, 0.29) is 40.7 Å². The highest BCUT2D eigenvalue weighted by atomic mass is 16.4. The van der Waals surface area contributed by atoms with Crippen LogP contribution in [0.3, 0.4) is 0 Å². The Hall–Kier alpha value is -2.37. The van der Waals surface area contributed by atoms with Crippen molar-refractivity contribution in [3.8, 4) is 5.75 Å². The minimum absolute atomic E-state index is 0.210. The van der Waals surface area contributed by atoms with E-state index in [1.165, 1.54) is 12.1 Å². The molecule has 6 nitrogen and oxygen atoms in total. The molecule has 2 atom stereocenters. The monoisotopic (exact) mass is 289 g/mol. The van der Waals surface area contributed by atoms with Crippen LogP contribution in [0.4, 0.5) is 5.69 Å². The van der Waals surface area contributed by atoms with Gasteiger partial charge in [-0.3, -0.25) is 14.5 Å². The number of hydrogen-bond acceptors (Lipinski definition) is 4. The van der Waals surface area contributed by atoms with Gasteiger partial charge in [-0.15, -0.1) is 0 Å². The SMILES string of the molecule is CC1CC2C(=O)N(c3ccc(O)c(C(=O)O)c3)C(=O)C2C1. The molecule has 6 heteroatoms. The van der Waals surface area contributed by atoms with E-state index in [4.69, 9.17) is 5.11 Å². The first-order valence-electron chi connectivity index (χ1n) is 6.84. The van der Waals surface area contributed by atoms with Gasteiger partial charge in [0.1, 0.15) is 11.3 Å². The molecule has 110 valence electrons. The van der Waals surface area contributed by atoms with E-state index in [1.807, 2.05) is 6.92 Å². The number of rotatable bonds is 2. The summed E-state index contributed by atoms with van der Waals surface area (Å²) in [5.41, 5.74) is -0.110. The van der Waals surface area contributed by atoms with Gasteiger partial charge in [0, 0.05) is 0 Å². The molecule has 1 aliphatic carbocycles. The summed E-state index contributed by atoms with van der Waals surface area (Å²) >= 11 is 0. The van der Waals surface area contributed by atoms with Crippen molar-refractivity contribution < 1.29 is 24.6 Å². The van der Waals surface area contributed by atoms with Gasteiger partial charge in [0.05, 0.1) is 17.5 Å². The number of nitrogens with zero attached hydrogens (tertiary/aromatic N) is 1. The fraction of sp³-hybridized carbons (Fsp3) is 0.400. The fourth-order valence-electron chi connectivity index (χ4n) is 3.37. The first kappa shape index (κ1) is 13.6. The summed E-state index contributed by atoms with van der Waals surface area (Å²) < 4.78 is 0. The van der Waals surface area contributed by atoms with Gasteiger partial charge in [-0.2, -0.15) is 0 Å². The molecule has 2 amide bonds. The van der Waals surface area contributed by atoms with Crippen molar-refractivity contribution in [3.05, 3.63) is 23.8 Å². The van der Waals surface area contributed by atoms with Gasteiger partial charge in [0.15, 0.2) is 0 Å². The van der Waals surface area contributed by atoms with Crippen LogP contribution in [0.25, 0.3) is 0 Å². The summed E-state index contributed by atoms with van der Waals surface area (Å²) in [6.07, 6.45) is 1.38. The second-order valence-corrected chi connectivity index (χ2v) is 5.81. The van der Waals surface area contributed by atoms with E-state index in [0.717, 1.165) is 11.0 Å². The molecule has 0 radical (unpaired) electrons. The van der Waals surface area contributed by atoms with Gasteiger partial charge < -0.3 is 10.2 Å². The zero-order chi connectivity index (χ0) is 15.3. The number of aromatic carboxylic acids is 1. The third-order valence-corrected chi connectivity index (χ3v) is 4.34. The Morgan fingerprint density at radius 3 is 2.29 bits per heavy atom. The predicted octanol–water partition coefficient (Wildman–Crippen LogP) is 1.63. The van der Waals surface area contributed by atoms with Crippen LogP contribution in [0.15, 0.2) is 18.2 Å². The Bertz CT molecular complexity index is 629. The first-order chi connectivity index (χ1) is 9.90. The first-order valence-corrected chi connectivity index (χ1v) is 6.84. The maximum atomic E-state index is 12.4. The van der Waals surface area contributed by atoms with Crippen molar-refractivity contribution in [2.75, 3.05) is 4.90 Å². The number of amides is 2. The van der Waals surface area contributed by atoms with Crippen molar-refractivity contribution in [1.82, 2.24) is 0 Å². The van der Waals surface area contributed by atoms with Gasteiger partial charge in [-0.25, -0.2) is 4.79 Å². The highest BCUT2D eigenvalue weighted by Gasteiger charge is 2.52. The molecule has 1 heterocycles. The molecule has 1 aromatic rings. The zero-order valence-electron chi connectivity index (χ0n) is 11.4. The summed E-state index contributed by atoms with van der Waals surface area (Å²) in [5, 5.41) is 18.5. The van der Waals surface area contributed by atoms with Crippen molar-refractivity contribution in [2.45, 2.75) is 19.8 Å². The van der Waals surface area contributed by atoms with Crippen molar-refractivity contribution in [2.24, 2.45) is 17.8 Å². The molecule has 2 unspecified atom stereocenters. The number of carboxylic acids is 1. The van der Waals surface area contributed by atoms with Crippen LogP contribution in [0.1, 0.15) is 30.1 Å². The smallest absolute Gasteiger partial charge is 0.339 e. The minimum Gasteiger partial charge on any atom is -0.507 e. The molecule has 2 aliphatic rings. The molecule has 0 spiro atoms. The predicted molar refractivity (Wildman–Crippen MR) is 72.9 cm³/mol. The Kier molecular flexibility index (Phi) is 2.97. The number of benzene rings is 1. The third kappa shape index (κ3) is 1.98. The molecular weight excluding hydrogens is 274 g/mol. The van der Waals surface area contributed by atoms with Crippen LogP contribution < -0.4 is 4.90 Å². The standard InChI is InChI=1S/C15H15NO5/c1-7-4-9-10(5-7)14(19)16(13(9)18)8-2-3-12(17)11(6-8)15(20)21/h2-3,6-7,9-10,17H,4-5H2,1H3,(H,20,21).